The van der Waals surface area contributed by atoms with Crippen molar-refractivity contribution in [1.29, 1.82) is 0 Å². The van der Waals surface area contributed by atoms with E-state index in [1.165, 1.54) is 19.2 Å². The van der Waals surface area contributed by atoms with Gasteiger partial charge in [-0.15, -0.1) is 0 Å². The lowest BCUT2D eigenvalue weighted by atomic mass is 10.2. The summed E-state index contributed by atoms with van der Waals surface area (Å²) in [6.07, 6.45) is 0. The second kappa shape index (κ2) is 8.77. The summed E-state index contributed by atoms with van der Waals surface area (Å²) in [5, 5.41) is 1.12. The van der Waals surface area contributed by atoms with E-state index in [4.69, 9.17) is 0 Å². The fraction of sp³-hybridized carbons (Fsp3) is 0.188. The number of methoxy groups -OCH3 is 1. The van der Waals surface area contributed by atoms with Gasteiger partial charge < -0.3 is 9.29 Å². The number of benzene rings is 2. The third-order valence-corrected chi connectivity index (χ3v) is 4.96. The van der Waals surface area contributed by atoms with Crippen molar-refractivity contribution in [3.8, 4) is 0 Å². The van der Waals surface area contributed by atoms with Gasteiger partial charge in [0.25, 0.3) is 0 Å². The standard InChI is InChI=1S/C9H11O2P.C7H8O3S/c1-11-9(10)7-5-3-4-6-8(7)12-2;1-6-2-4-7(5-3-6)11(8,9)10/h3-6,12H,1-2H3;2-5H,1H3,(H,8,9,10). The van der Waals surface area contributed by atoms with Crippen LogP contribution in [0.5, 0.6) is 0 Å². The van der Waals surface area contributed by atoms with Gasteiger partial charge in [0, 0.05) is 15.2 Å². The summed E-state index contributed by atoms with van der Waals surface area (Å²) < 4.78 is 35.8. The summed E-state index contributed by atoms with van der Waals surface area (Å²) >= 11 is 0. The molecule has 7 heteroatoms. The van der Waals surface area contributed by atoms with E-state index < -0.39 is 10.1 Å². The van der Waals surface area contributed by atoms with Crippen LogP contribution in [0.25, 0.3) is 0 Å². The van der Waals surface area contributed by atoms with Gasteiger partial charge in [-0.1, -0.05) is 29.8 Å². The molecule has 0 aliphatic rings. The molecule has 23 heavy (non-hydrogen) atoms. The van der Waals surface area contributed by atoms with Gasteiger partial charge in [0.15, 0.2) is 0 Å². The van der Waals surface area contributed by atoms with E-state index in [-0.39, 0.29) is 19.4 Å². The molecule has 0 aliphatic carbocycles. The molecule has 124 valence electrons. The van der Waals surface area contributed by atoms with E-state index in [1.807, 2.05) is 25.1 Å². The van der Waals surface area contributed by atoms with Crippen molar-refractivity contribution < 1.29 is 22.5 Å². The Labute approximate surface area is 138 Å². The number of hydrogen-bond acceptors (Lipinski definition) is 5. The lowest BCUT2D eigenvalue weighted by Crippen LogP contribution is -2.11. The summed E-state index contributed by atoms with van der Waals surface area (Å²) in [6, 6.07) is 13.4. The highest BCUT2D eigenvalue weighted by Crippen LogP contribution is 2.09. The number of carbonyl (C=O) groups is 1. The maximum atomic E-state index is 11.2. The molecule has 2 aromatic carbocycles. The van der Waals surface area contributed by atoms with Gasteiger partial charge in [-0.2, -0.15) is 0 Å². The quantitative estimate of drug-likeness (QED) is 0.478. The molecular weight excluding hydrogens is 335 g/mol. The summed E-state index contributed by atoms with van der Waals surface area (Å²) in [7, 11) is -2.70. The molecule has 0 saturated heterocycles. The van der Waals surface area contributed by atoms with E-state index in [1.54, 1.807) is 18.2 Å². The topological polar surface area (TPSA) is 83.5 Å². The van der Waals surface area contributed by atoms with Crippen molar-refractivity contribution in [2.45, 2.75) is 11.8 Å². The molecule has 0 aliphatic heterocycles. The van der Waals surface area contributed by atoms with Crippen LogP contribution in [-0.4, -0.2) is 32.7 Å². The minimum absolute atomic E-state index is 0.167. The van der Waals surface area contributed by atoms with Crippen LogP contribution >= 0.6 is 8.58 Å². The van der Waals surface area contributed by atoms with E-state index in [9.17, 15) is 17.8 Å². The second-order valence-corrected chi connectivity index (χ2v) is 7.21. The first kappa shape index (κ1) is 19.3. The lowest BCUT2D eigenvalue weighted by molar-refractivity contribution is 0.0602. The van der Waals surface area contributed by atoms with E-state index >= 15 is 0 Å². The molecule has 1 unspecified atom stereocenters. The van der Waals surface area contributed by atoms with Crippen molar-refractivity contribution in [2.75, 3.05) is 13.8 Å². The molecule has 0 amide bonds. The highest BCUT2D eigenvalue weighted by Gasteiger charge is 2.12. The van der Waals surface area contributed by atoms with Gasteiger partial charge in [-0.05, 0) is 31.2 Å². The zero-order valence-electron chi connectivity index (χ0n) is 13.1. The Morgan fingerprint density at radius 3 is 2.13 bits per heavy atom. The average Bonchev–Trinajstić information content (AvgIpc) is 2.54. The summed E-state index contributed by atoms with van der Waals surface area (Å²) in [6.45, 7) is 3.92. The van der Waals surface area contributed by atoms with E-state index in [0.29, 0.717) is 5.56 Å². The van der Waals surface area contributed by atoms with Gasteiger partial charge in [0.05, 0.1) is 12.0 Å². The summed E-state index contributed by atoms with van der Waals surface area (Å²) in [4.78, 5) is 11.0. The highest BCUT2D eigenvalue weighted by molar-refractivity contribution is 7.85. The molecule has 5 nitrogen and oxygen atoms in total. The predicted molar refractivity (Wildman–Crippen MR) is 92.2 cm³/mol. The van der Waals surface area contributed by atoms with Crippen molar-refractivity contribution in [2.24, 2.45) is 0 Å². The molecule has 0 aromatic heterocycles. The van der Waals surface area contributed by atoms with Gasteiger partial charge in [-0.25, -0.2) is 13.2 Å². The normalized spacial score (nSPS) is 11.0. The van der Waals surface area contributed by atoms with Crippen molar-refractivity contribution >= 4 is 30.0 Å². The third kappa shape index (κ3) is 6.10. The summed E-state index contributed by atoms with van der Waals surface area (Å²) in [5.41, 5.74) is 1.63. The van der Waals surface area contributed by atoms with Crippen molar-refractivity contribution in [3.63, 3.8) is 0 Å². The molecule has 2 aromatic rings. The number of aryl methyl sites for hydroxylation is 1. The first-order chi connectivity index (χ1) is 10.8. The maximum Gasteiger partial charge on any atom is 0.341 e. The van der Waals surface area contributed by atoms with E-state index in [0.717, 1.165) is 10.9 Å². The minimum atomic E-state index is -4.27. The highest BCUT2D eigenvalue weighted by atomic mass is 32.2. The lowest BCUT2D eigenvalue weighted by Gasteiger charge is -2.05. The van der Waals surface area contributed by atoms with Gasteiger partial charge in [-0.3, -0.25) is 0 Å². The Hall–Kier alpha value is -1.75. The predicted octanol–water partition coefficient (Wildman–Crippen LogP) is 2.04. The zero-order chi connectivity index (χ0) is 17.5. The average molecular weight is 354 g/mol. The number of esters is 1. The third-order valence-electron chi connectivity index (χ3n) is 2.99. The number of carbonyl (C=O) groups excluding carboxylic acids is 1. The molecular formula is C16H19O5PS. The zero-order valence-corrected chi connectivity index (χ0v) is 15.1. The first-order valence-corrected chi connectivity index (χ1v) is 9.93. The molecule has 0 spiro atoms. The van der Waals surface area contributed by atoms with Crippen LogP contribution in [0.2, 0.25) is 0 Å². The molecule has 2 rings (SSSR count). The van der Waals surface area contributed by atoms with Crippen molar-refractivity contribution in [1.82, 2.24) is 0 Å². The minimum Gasteiger partial charge on any atom is -0.744 e. The Morgan fingerprint density at radius 2 is 1.65 bits per heavy atom. The molecule has 0 heterocycles. The van der Waals surface area contributed by atoms with Crippen molar-refractivity contribution in [3.05, 3.63) is 59.7 Å². The fourth-order valence-electron chi connectivity index (χ4n) is 1.75. The van der Waals surface area contributed by atoms with Gasteiger partial charge in [0.1, 0.15) is 21.0 Å². The monoisotopic (exact) mass is 354 g/mol. The summed E-state index contributed by atoms with van der Waals surface area (Å²) in [5.74, 6) is -0.236. The van der Waals surface area contributed by atoms with E-state index in [2.05, 4.69) is 11.4 Å². The molecule has 0 N–H and O–H groups in total. The Balaban J connectivity index is 0.000000231. The van der Waals surface area contributed by atoms with Crippen LogP contribution in [0.4, 0.5) is 0 Å². The van der Waals surface area contributed by atoms with Crippen LogP contribution in [0.15, 0.2) is 53.4 Å². The maximum absolute atomic E-state index is 11.2. The van der Waals surface area contributed by atoms with Crippen LogP contribution in [0.3, 0.4) is 0 Å². The fourth-order valence-corrected chi connectivity index (χ4v) is 3.05. The molecule has 0 radical (unpaired) electrons. The molecule has 0 fully saturated rings. The second-order valence-electron chi connectivity index (χ2n) is 4.63. The molecule has 0 saturated carbocycles. The Morgan fingerprint density at radius 1 is 1.09 bits per heavy atom. The number of hydrogen-bond donors (Lipinski definition) is 0. The van der Waals surface area contributed by atoms with Gasteiger partial charge in [0.2, 0.25) is 0 Å². The first-order valence-electron chi connectivity index (χ1n) is 6.79. The largest absolute Gasteiger partial charge is 0.744 e. The number of ether oxygens (including phenoxy) is 1. The van der Waals surface area contributed by atoms with Crippen LogP contribution < -0.4 is 5.30 Å². The van der Waals surface area contributed by atoms with Crippen LogP contribution in [0.1, 0.15) is 15.9 Å². The molecule has 1 atom stereocenters. The number of rotatable bonds is 3. The van der Waals surface area contributed by atoms with Crippen LogP contribution in [-0.2, 0) is 14.9 Å². The van der Waals surface area contributed by atoms with Crippen LogP contribution in [0, 0.1) is 6.92 Å². The Kier molecular flexibility index (Phi) is 7.36. The SMILES string of the molecule is COC(=O)c1ccccc1[PH2+]C.Cc1ccc(S(=O)(=O)[O-])cc1. The Bertz CT molecular complexity index is 754. The molecule has 0 bridgehead atoms. The van der Waals surface area contributed by atoms with Gasteiger partial charge >= 0.3 is 5.97 Å². The smallest absolute Gasteiger partial charge is 0.341 e.